The van der Waals surface area contributed by atoms with Crippen molar-refractivity contribution in [2.45, 2.75) is 38.3 Å². The second-order valence-corrected chi connectivity index (χ2v) is 9.87. The fourth-order valence-electron chi connectivity index (χ4n) is 5.05. The number of carbonyl (C=O) groups excluding carboxylic acids is 2. The van der Waals surface area contributed by atoms with Crippen LogP contribution >= 0.6 is 0 Å². The highest BCUT2D eigenvalue weighted by Crippen LogP contribution is 2.49. The molecule has 0 saturated heterocycles. The minimum atomic E-state index is -1.12. The molecule has 4 heterocycles. The lowest BCUT2D eigenvalue weighted by Gasteiger charge is -2.29. The number of carboxylic acid groups (broad SMARTS) is 1. The standard InChI is InChI=1S/C26H24FN7O4/c1-13-7-19-14(8-17(13)27)9-20(30-19)22(35)34-6-3-18-16(12-34)21(32-31-18)23(36)33(2)26(4-5-26)25-28-10-15(11-29-25)24(37)38/h7-11,30H,3-6,12H2,1-2H3,(H,31,32)(H,37,38). The number of fused-ring (bicyclic) bond motifs is 2. The van der Waals surface area contributed by atoms with Gasteiger partial charge in [0.25, 0.3) is 11.8 Å². The van der Waals surface area contributed by atoms with Gasteiger partial charge in [0.2, 0.25) is 0 Å². The van der Waals surface area contributed by atoms with Crippen LogP contribution < -0.4 is 0 Å². The van der Waals surface area contributed by atoms with Gasteiger partial charge in [0.1, 0.15) is 17.1 Å². The van der Waals surface area contributed by atoms with Crippen LogP contribution in [0.3, 0.4) is 0 Å². The number of carboxylic acids is 1. The van der Waals surface area contributed by atoms with E-state index in [1.807, 2.05) is 0 Å². The number of aromatic amines is 2. The average molecular weight is 518 g/mol. The molecule has 3 aromatic heterocycles. The van der Waals surface area contributed by atoms with E-state index in [0.717, 1.165) is 5.69 Å². The van der Waals surface area contributed by atoms with Gasteiger partial charge in [-0.25, -0.2) is 19.2 Å². The summed E-state index contributed by atoms with van der Waals surface area (Å²) in [7, 11) is 1.65. The van der Waals surface area contributed by atoms with Crippen LogP contribution in [0.25, 0.3) is 10.9 Å². The van der Waals surface area contributed by atoms with Crippen molar-refractivity contribution in [1.29, 1.82) is 0 Å². The molecule has 194 valence electrons. The van der Waals surface area contributed by atoms with Crippen LogP contribution in [0.4, 0.5) is 4.39 Å². The average Bonchev–Trinajstić information content (AvgIpc) is 3.46. The number of aryl methyl sites for hydroxylation is 1. The van der Waals surface area contributed by atoms with Gasteiger partial charge in [-0.2, -0.15) is 5.10 Å². The predicted molar refractivity (Wildman–Crippen MR) is 132 cm³/mol. The number of aromatic nitrogens is 5. The fourth-order valence-corrected chi connectivity index (χ4v) is 5.05. The Bertz CT molecular complexity index is 1580. The molecule has 1 aliphatic carbocycles. The number of amides is 2. The topological polar surface area (TPSA) is 148 Å². The number of hydrogen-bond acceptors (Lipinski definition) is 6. The smallest absolute Gasteiger partial charge is 0.338 e. The monoisotopic (exact) mass is 517 g/mol. The molecule has 4 aromatic rings. The molecule has 11 nitrogen and oxygen atoms in total. The van der Waals surface area contributed by atoms with E-state index in [4.69, 9.17) is 5.11 Å². The molecule has 12 heteroatoms. The quantitative estimate of drug-likeness (QED) is 0.369. The number of halogens is 1. The van der Waals surface area contributed by atoms with Gasteiger partial charge >= 0.3 is 5.97 Å². The number of rotatable bonds is 5. The van der Waals surface area contributed by atoms with Crippen LogP contribution in [0.15, 0.2) is 30.6 Å². The van der Waals surface area contributed by atoms with E-state index in [-0.39, 0.29) is 35.4 Å². The van der Waals surface area contributed by atoms with Gasteiger partial charge in [-0.3, -0.25) is 14.7 Å². The van der Waals surface area contributed by atoms with E-state index in [1.165, 1.54) is 18.5 Å². The second-order valence-electron chi connectivity index (χ2n) is 9.87. The molecule has 1 aromatic carbocycles. The van der Waals surface area contributed by atoms with Crippen LogP contribution in [-0.4, -0.2) is 71.4 Å². The van der Waals surface area contributed by atoms with Crippen LogP contribution in [0, 0.1) is 12.7 Å². The Hall–Kier alpha value is -4.61. The van der Waals surface area contributed by atoms with Crippen molar-refractivity contribution in [1.82, 2.24) is 34.9 Å². The first-order chi connectivity index (χ1) is 18.2. The lowest BCUT2D eigenvalue weighted by molar-refractivity contribution is 0.0670. The SMILES string of the molecule is Cc1cc2[nH]c(C(=O)N3CCc4[nH]nc(C(=O)N(C)C5(c6ncc(C(=O)O)cn6)CC5)c4C3)cc2cc1F. The maximum absolute atomic E-state index is 14.0. The Morgan fingerprint density at radius 1 is 1.16 bits per heavy atom. The molecule has 3 N–H and O–H groups in total. The maximum Gasteiger partial charge on any atom is 0.338 e. The predicted octanol–water partition coefficient (Wildman–Crippen LogP) is 2.79. The summed E-state index contributed by atoms with van der Waals surface area (Å²) < 4.78 is 14.0. The van der Waals surface area contributed by atoms with Crippen LogP contribution in [-0.2, 0) is 18.5 Å². The molecule has 0 atom stereocenters. The number of nitrogens with one attached hydrogen (secondary N) is 2. The molecule has 0 bridgehead atoms. The minimum absolute atomic E-state index is 0.0279. The summed E-state index contributed by atoms with van der Waals surface area (Å²) in [4.78, 5) is 52.8. The molecule has 0 spiro atoms. The van der Waals surface area contributed by atoms with E-state index >= 15 is 0 Å². The van der Waals surface area contributed by atoms with E-state index in [1.54, 1.807) is 35.9 Å². The van der Waals surface area contributed by atoms with Crippen molar-refractivity contribution < 1.29 is 23.9 Å². The van der Waals surface area contributed by atoms with Gasteiger partial charge in [-0.15, -0.1) is 0 Å². The third kappa shape index (κ3) is 3.71. The minimum Gasteiger partial charge on any atom is -0.478 e. The molecule has 1 saturated carbocycles. The molecule has 38 heavy (non-hydrogen) atoms. The van der Waals surface area contributed by atoms with E-state index in [9.17, 15) is 18.8 Å². The highest BCUT2D eigenvalue weighted by atomic mass is 19.1. The molecule has 6 rings (SSSR count). The largest absolute Gasteiger partial charge is 0.478 e. The maximum atomic E-state index is 14.0. The van der Waals surface area contributed by atoms with Gasteiger partial charge in [0.05, 0.1) is 12.1 Å². The Labute approximate surface area is 215 Å². The Morgan fingerprint density at radius 2 is 1.89 bits per heavy atom. The van der Waals surface area contributed by atoms with Crippen molar-refractivity contribution in [3.63, 3.8) is 0 Å². The van der Waals surface area contributed by atoms with Gasteiger partial charge < -0.3 is 19.9 Å². The van der Waals surface area contributed by atoms with E-state index in [0.29, 0.717) is 59.4 Å². The van der Waals surface area contributed by atoms with Crippen LogP contribution in [0.1, 0.15) is 66.8 Å². The Balaban J connectivity index is 1.24. The first-order valence-corrected chi connectivity index (χ1v) is 12.2. The van der Waals surface area contributed by atoms with Crippen molar-refractivity contribution in [3.8, 4) is 0 Å². The summed E-state index contributed by atoms with van der Waals surface area (Å²) >= 11 is 0. The number of nitrogens with zero attached hydrogens (tertiary/aromatic N) is 5. The molecule has 2 aliphatic rings. The lowest BCUT2D eigenvalue weighted by atomic mass is 10.0. The second kappa shape index (κ2) is 8.47. The normalized spacial score (nSPS) is 15.8. The highest BCUT2D eigenvalue weighted by Gasteiger charge is 2.53. The van der Waals surface area contributed by atoms with Crippen molar-refractivity contribution >= 4 is 28.7 Å². The zero-order valence-corrected chi connectivity index (χ0v) is 20.7. The summed E-state index contributed by atoms with van der Waals surface area (Å²) in [6, 6.07) is 4.71. The highest BCUT2D eigenvalue weighted by molar-refractivity contribution is 5.99. The summed E-state index contributed by atoms with van der Waals surface area (Å²) in [5.41, 5.74) is 2.43. The third-order valence-corrected chi connectivity index (χ3v) is 7.54. The summed E-state index contributed by atoms with van der Waals surface area (Å²) in [5.74, 6) is -1.66. The number of H-pyrrole nitrogens is 2. The molecule has 2 amide bonds. The lowest BCUT2D eigenvalue weighted by Crippen LogP contribution is -2.40. The Kier molecular flexibility index (Phi) is 5.30. The molecular formula is C26H24FN7O4. The first-order valence-electron chi connectivity index (χ1n) is 12.2. The summed E-state index contributed by atoms with van der Waals surface area (Å²) in [6.07, 6.45) is 4.26. The van der Waals surface area contributed by atoms with Crippen molar-refractivity contribution in [2.24, 2.45) is 0 Å². The summed E-state index contributed by atoms with van der Waals surface area (Å²) in [6.45, 7) is 2.30. The molecule has 1 fully saturated rings. The van der Waals surface area contributed by atoms with Gasteiger partial charge in [0, 0.05) is 54.6 Å². The first kappa shape index (κ1) is 23.8. The van der Waals surface area contributed by atoms with Gasteiger partial charge in [-0.1, -0.05) is 0 Å². The van der Waals surface area contributed by atoms with Crippen molar-refractivity contribution in [3.05, 3.63) is 76.0 Å². The Morgan fingerprint density at radius 3 is 2.58 bits per heavy atom. The van der Waals surface area contributed by atoms with E-state index < -0.39 is 11.5 Å². The molecule has 1 aliphatic heterocycles. The number of hydrogen-bond donors (Lipinski definition) is 3. The third-order valence-electron chi connectivity index (χ3n) is 7.54. The number of aromatic carboxylic acids is 1. The fraction of sp³-hybridized carbons (Fsp3) is 0.308. The number of carbonyl (C=O) groups is 3. The van der Waals surface area contributed by atoms with Crippen molar-refractivity contribution in [2.75, 3.05) is 13.6 Å². The van der Waals surface area contributed by atoms with Gasteiger partial charge in [0.15, 0.2) is 11.5 Å². The van der Waals surface area contributed by atoms with E-state index in [2.05, 4.69) is 25.1 Å². The molecular weight excluding hydrogens is 493 g/mol. The van der Waals surface area contributed by atoms with Crippen LogP contribution in [0.2, 0.25) is 0 Å². The number of benzene rings is 1. The van der Waals surface area contributed by atoms with Gasteiger partial charge in [-0.05, 0) is 43.5 Å². The van der Waals surface area contributed by atoms with Crippen LogP contribution in [0.5, 0.6) is 0 Å². The molecule has 0 radical (unpaired) electrons. The summed E-state index contributed by atoms with van der Waals surface area (Å²) in [5, 5.41) is 17.0. The zero-order chi connectivity index (χ0) is 26.8. The zero-order valence-electron chi connectivity index (χ0n) is 20.7. The molecule has 0 unspecified atom stereocenters.